The standard InChI is InChI=1S/C17H24N2O4S/c1-2-19-16(20)8-11-18(14-17(19)9-12-23-13-10-17)24(21,22)15-6-4-3-5-7-15/h3-7H,2,8-14H2,1H3. The Hall–Kier alpha value is -1.44. The van der Waals surface area contributed by atoms with Gasteiger partial charge in [0.15, 0.2) is 0 Å². The third-order valence-electron chi connectivity index (χ3n) is 5.04. The Kier molecular flexibility index (Phi) is 4.94. The maximum absolute atomic E-state index is 13.0. The number of sulfonamides is 1. The highest BCUT2D eigenvalue weighted by Gasteiger charge is 2.46. The molecule has 7 heteroatoms. The van der Waals surface area contributed by atoms with Crippen molar-refractivity contribution in [3.05, 3.63) is 30.3 Å². The molecular weight excluding hydrogens is 328 g/mol. The van der Waals surface area contributed by atoms with Gasteiger partial charge in [0.1, 0.15) is 0 Å². The fourth-order valence-electron chi connectivity index (χ4n) is 3.75. The predicted octanol–water partition coefficient (Wildman–Crippen LogP) is 1.48. The minimum atomic E-state index is -3.60. The normalized spacial score (nSPS) is 22.5. The molecule has 1 spiro atoms. The first kappa shape index (κ1) is 17.4. The summed E-state index contributed by atoms with van der Waals surface area (Å²) in [6, 6.07) is 8.45. The molecule has 6 nitrogen and oxygen atoms in total. The third kappa shape index (κ3) is 3.08. The molecule has 2 aliphatic rings. The summed E-state index contributed by atoms with van der Waals surface area (Å²) in [6.45, 7) is 4.24. The Morgan fingerprint density at radius 3 is 2.46 bits per heavy atom. The van der Waals surface area contributed by atoms with Crippen molar-refractivity contribution in [2.75, 3.05) is 32.8 Å². The predicted molar refractivity (Wildman–Crippen MR) is 90.0 cm³/mol. The van der Waals surface area contributed by atoms with Crippen LogP contribution >= 0.6 is 0 Å². The molecule has 2 fully saturated rings. The second-order valence-corrected chi connectivity index (χ2v) is 8.31. The number of amides is 1. The van der Waals surface area contributed by atoms with Crippen LogP contribution in [0.4, 0.5) is 0 Å². The molecule has 3 rings (SSSR count). The Morgan fingerprint density at radius 2 is 1.83 bits per heavy atom. The zero-order valence-corrected chi connectivity index (χ0v) is 14.8. The molecule has 0 N–H and O–H groups in total. The number of nitrogens with zero attached hydrogens (tertiary/aromatic N) is 2. The SMILES string of the molecule is CCN1C(=O)CCN(S(=O)(=O)c2ccccc2)CC12CCOCC2. The van der Waals surface area contributed by atoms with Gasteiger partial charge in [0.2, 0.25) is 15.9 Å². The van der Waals surface area contributed by atoms with E-state index in [0.717, 1.165) is 0 Å². The fourth-order valence-corrected chi connectivity index (χ4v) is 5.29. The molecule has 0 saturated carbocycles. The molecule has 0 aliphatic carbocycles. The van der Waals surface area contributed by atoms with E-state index in [1.807, 2.05) is 11.8 Å². The summed E-state index contributed by atoms with van der Waals surface area (Å²) in [5.74, 6) is 0.0326. The van der Waals surface area contributed by atoms with Crippen molar-refractivity contribution in [3.63, 3.8) is 0 Å². The van der Waals surface area contributed by atoms with Crippen molar-refractivity contribution in [1.82, 2.24) is 9.21 Å². The number of carbonyl (C=O) groups is 1. The molecule has 1 aromatic rings. The number of hydrogen-bond acceptors (Lipinski definition) is 4. The van der Waals surface area contributed by atoms with Crippen molar-refractivity contribution in [1.29, 1.82) is 0 Å². The van der Waals surface area contributed by atoms with Crippen LogP contribution in [0.2, 0.25) is 0 Å². The maximum atomic E-state index is 13.0. The first-order valence-electron chi connectivity index (χ1n) is 8.43. The summed E-state index contributed by atoms with van der Waals surface area (Å²) < 4.78 is 33.0. The number of carbonyl (C=O) groups excluding carboxylic acids is 1. The average Bonchev–Trinajstić information content (AvgIpc) is 2.73. The van der Waals surface area contributed by atoms with Gasteiger partial charge < -0.3 is 9.64 Å². The molecule has 2 saturated heterocycles. The number of likely N-dealkylation sites (N-methyl/N-ethyl adjacent to an activating group) is 1. The first-order valence-corrected chi connectivity index (χ1v) is 9.87. The van der Waals surface area contributed by atoms with E-state index < -0.39 is 15.6 Å². The van der Waals surface area contributed by atoms with Gasteiger partial charge in [0.25, 0.3) is 0 Å². The van der Waals surface area contributed by atoms with Crippen molar-refractivity contribution in [2.24, 2.45) is 0 Å². The van der Waals surface area contributed by atoms with Crippen LogP contribution in [0.3, 0.4) is 0 Å². The monoisotopic (exact) mass is 352 g/mol. The summed E-state index contributed by atoms with van der Waals surface area (Å²) >= 11 is 0. The van der Waals surface area contributed by atoms with Gasteiger partial charge in [0.05, 0.1) is 10.4 Å². The van der Waals surface area contributed by atoms with E-state index in [1.54, 1.807) is 30.3 Å². The van der Waals surface area contributed by atoms with Gasteiger partial charge in [-0.3, -0.25) is 4.79 Å². The lowest BCUT2D eigenvalue weighted by molar-refractivity contribution is -0.139. The lowest BCUT2D eigenvalue weighted by Gasteiger charge is -2.46. The van der Waals surface area contributed by atoms with E-state index in [9.17, 15) is 13.2 Å². The van der Waals surface area contributed by atoms with E-state index in [2.05, 4.69) is 0 Å². The molecule has 2 heterocycles. The smallest absolute Gasteiger partial charge is 0.243 e. The van der Waals surface area contributed by atoms with Crippen LogP contribution in [-0.4, -0.2) is 61.9 Å². The summed E-state index contributed by atoms with van der Waals surface area (Å²) in [7, 11) is -3.60. The van der Waals surface area contributed by atoms with Crippen LogP contribution in [0.5, 0.6) is 0 Å². The van der Waals surface area contributed by atoms with E-state index in [-0.39, 0.29) is 23.8 Å². The second-order valence-electron chi connectivity index (χ2n) is 6.38. The zero-order valence-electron chi connectivity index (χ0n) is 14.0. The Labute approximate surface area is 143 Å². The van der Waals surface area contributed by atoms with Gasteiger partial charge in [-0.25, -0.2) is 8.42 Å². The van der Waals surface area contributed by atoms with Gasteiger partial charge in [-0.2, -0.15) is 4.31 Å². The first-order chi connectivity index (χ1) is 11.5. The molecule has 0 radical (unpaired) electrons. The topological polar surface area (TPSA) is 66.9 Å². The van der Waals surface area contributed by atoms with E-state index in [1.165, 1.54) is 4.31 Å². The van der Waals surface area contributed by atoms with Gasteiger partial charge in [-0.15, -0.1) is 0 Å². The highest BCUT2D eigenvalue weighted by atomic mass is 32.2. The average molecular weight is 352 g/mol. The summed E-state index contributed by atoms with van der Waals surface area (Å²) in [4.78, 5) is 14.7. The molecule has 24 heavy (non-hydrogen) atoms. The minimum Gasteiger partial charge on any atom is -0.381 e. The molecule has 0 unspecified atom stereocenters. The molecule has 1 amide bonds. The summed E-state index contributed by atoms with van der Waals surface area (Å²) in [5.41, 5.74) is -0.456. The van der Waals surface area contributed by atoms with Gasteiger partial charge in [0, 0.05) is 39.3 Å². The maximum Gasteiger partial charge on any atom is 0.243 e. The van der Waals surface area contributed by atoms with Crippen molar-refractivity contribution >= 4 is 15.9 Å². The summed E-state index contributed by atoms with van der Waals surface area (Å²) in [5, 5.41) is 0. The fraction of sp³-hybridized carbons (Fsp3) is 0.588. The van der Waals surface area contributed by atoms with Gasteiger partial charge in [-0.1, -0.05) is 18.2 Å². The zero-order chi connectivity index (χ0) is 17.2. The largest absolute Gasteiger partial charge is 0.381 e. The second kappa shape index (κ2) is 6.82. The number of hydrogen-bond donors (Lipinski definition) is 0. The number of rotatable bonds is 3. The van der Waals surface area contributed by atoms with Crippen LogP contribution in [0, 0.1) is 0 Å². The highest BCUT2D eigenvalue weighted by Crippen LogP contribution is 2.33. The van der Waals surface area contributed by atoms with E-state index in [4.69, 9.17) is 4.74 Å². The van der Waals surface area contributed by atoms with Crippen LogP contribution in [0.1, 0.15) is 26.2 Å². The lowest BCUT2D eigenvalue weighted by Crippen LogP contribution is -2.58. The number of ether oxygens (including phenoxy) is 1. The van der Waals surface area contributed by atoms with Crippen LogP contribution in [0.25, 0.3) is 0 Å². The quantitative estimate of drug-likeness (QED) is 0.826. The van der Waals surface area contributed by atoms with Crippen LogP contribution in [0.15, 0.2) is 35.2 Å². The Balaban J connectivity index is 1.97. The third-order valence-corrected chi connectivity index (χ3v) is 6.90. The molecule has 0 bridgehead atoms. The molecule has 132 valence electrons. The van der Waals surface area contributed by atoms with Crippen molar-refractivity contribution < 1.29 is 17.9 Å². The molecule has 0 atom stereocenters. The van der Waals surface area contributed by atoms with Crippen LogP contribution in [-0.2, 0) is 19.6 Å². The lowest BCUT2D eigenvalue weighted by atomic mass is 9.88. The molecule has 1 aromatic carbocycles. The molecule has 2 aliphatic heterocycles. The van der Waals surface area contributed by atoms with E-state index >= 15 is 0 Å². The van der Waals surface area contributed by atoms with E-state index in [0.29, 0.717) is 39.1 Å². The van der Waals surface area contributed by atoms with Gasteiger partial charge >= 0.3 is 0 Å². The Bertz CT molecular complexity index is 684. The van der Waals surface area contributed by atoms with Crippen molar-refractivity contribution in [3.8, 4) is 0 Å². The summed E-state index contributed by atoms with van der Waals surface area (Å²) in [6.07, 6.45) is 1.57. The van der Waals surface area contributed by atoms with Crippen LogP contribution < -0.4 is 0 Å². The molecule has 0 aromatic heterocycles. The number of benzene rings is 1. The highest BCUT2D eigenvalue weighted by molar-refractivity contribution is 7.89. The Morgan fingerprint density at radius 1 is 1.17 bits per heavy atom. The van der Waals surface area contributed by atoms with Crippen molar-refractivity contribution in [2.45, 2.75) is 36.6 Å². The van der Waals surface area contributed by atoms with Gasteiger partial charge in [-0.05, 0) is 31.9 Å². The minimum absolute atomic E-state index is 0.0326. The molecular formula is C17H24N2O4S.